The Hall–Kier alpha value is -0.515. The molecule has 1 heterocycles. The van der Waals surface area contributed by atoms with Crippen molar-refractivity contribution in [2.75, 3.05) is 19.6 Å². The van der Waals surface area contributed by atoms with Crippen LogP contribution in [-0.4, -0.2) is 37.3 Å². The molecule has 11 heavy (non-hydrogen) atoms. The Morgan fingerprint density at radius 2 is 1.91 bits per heavy atom. The molecule has 0 amide bonds. The van der Waals surface area contributed by atoms with E-state index in [1.165, 1.54) is 4.90 Å². The van der Waals surface area contributed by atoms with Crippen LogP contribution in [0.3, 0.4) is 0 Å². The van der Waals surface area contributed by atoms with E-state index in [1.807, 2.05) is 0 Å². The van der Waals surface area contributed by atoms with Crippen molar-refractivity contribution < 1.29 is 17.7 Å². The Morgan fingerprint density at radius 3 is 2.27 bits per heavy atom. The molecule has 0 unspecified atom stereocenters. The van der Waals surface area contributed by atoms with E-state index in [9.17, 15) is 17.7 Å². The van der Waals surface area contributed by atoms with Crippen molar-refractivity contribution >= 4 is 12.8 Å². The van der Waals surface area contributed by atoms with E-state index in [-0.39, 0.29) is 25.4 Å². The number of nitrogens with zero attached hydrogens (tertiary/aromatic N) is 1. The maximum atomic E-state index is 11.6. The van der Waals surface area contributed by atoms with Gasteiger partial charge in [-0.2, -0.15) is 0 Å². The van der Waals surface area contributed by atoms with Gasteiger partial charge in [-0.05, 0) is 6.54 Å². The highest BCUT2D eigenvalue weighted by Gasteiger charge is 2.28. The third kappa shape index (κ3) is 2.92. The topological polar surface area (TPSA) is 20.3 Å². The summed E-state index contributed by atoms with van der Waals surface area (Å²) in [4.78, 5) is 11.8. The van der Waals surface area contributed by atoms with E-state index in [2.05, 4.69) is 0 Å². The van der Waals surface area contributed by atoms with Crippen LogP contribution in [0.5, 0.6) is 0 Å². The van der Waals surface area contributed by atoms with Gasteiger partial charge < -0.3 is 12.9 Å². The number of likely N-dealkylation sites (tertiary alicyclic amines) is 1. The highest BCUT2D eigenvalue weighted by Crippen LogP contribution is 2.16. The van der Waals surface area contributed by atoms with E-state index < -0.39 is 13.3 Å². The van der Waals surface area contributed by atoms with Gasteiger partial charge in [-0.3, -0.25) is 9.69 Å². The van der Waals surface area contributed by atoms with Crippen LogP contribution in [0.1, 0.15) is 0 Å². The van der Waals surface area contributed by atoms with Gasteiger partial charge in [-0.1, -0.05) is 6.32 Å². The highest BCUT2D eigenvalue weighted by atomic mass is 19.4. The van der Waals surface area contributed by atoms with Crippen molar-refractivity contribution in [1.82, 2.24) is 4.90 Å². The molecule has 0 aliphatic carbocycles. The van der Waals surface area contributed by atoms with Crippen LogP contribution in [0.2, 0.25) is 6.32 Å². The SMILES string of the molecule is O=C1CN(CC[B-](F)(F)F)C1. The Labute approximate surface area is 62.4 Å². The molecule has 1 aliphatic heterocycles. The molecule has 2 nitrogen and oxygen atoms in total. The van der Waals surface area contributed by atoms with Crippen LogP contribution in [-0.2, 0) is 4.79 Å². The summed E-state index contributed by atoms with van der Waals surface area (Å²) in [6, 6.07) is 0. The number of rotatable bonds is 3. The van der Waals surface area contributed by atoms with Gasteiger partial charge in [0.05, 0.1) is 13.1 Å². The van der Waals surface area contributed by atoms with Gasteiger partial charge in [-0.15, -0.1) is 0 Å². The lowest BCUT2D eigenvalue weighted by Crippen LogP contribution is -2.48. The second-order valence-electron chi connectivity index (χ2n) is 2.75. The van der Waals surface area contributed by atoms with Crippen LogP contribution in [0, 0.1) is 0 Å². The minimum absolute atomic E-state index is 0.0186. The summed E-state index contributed by atoms with van der Waals surface area (Å²) in [5.41, 5.74) is 0. The average molecular weight is 166 g/mol. The van der Waals surface area contributed by atoms with Crippen molar-refractivity contribution in [3.63, 3.8) is 0 Å². The maximum absolute atomic E-state index is 11.6. The van der Waals surface area contributed by atoms with Gasteiger partial charge in [0.25, 0.3) is 0 Å². The normalized spacial score (nSPS) is 20.1. The molecule has 1 rings (SSSR count). The molecule has 0 bridgehead atoms. The van der Waals surface area contributed by atoms with Crippen molar-refractivity contribution in [2.24, 2.45) is 0 Å². The number of carbonyl (C=O) groups excluding carboxylic acids is 1. The first kappa shape index (κ1) is 8.58. The third-order valence-corrected chi connectivity index (χ3v) is 1.57. The lowest BCUT2D eigenvalue weighted by Gasteiger charge is -2.30. The Balaban J connectivity index is 2.10. The molecule has 0 aromatic rings. The van der Waals surface area contributed by atoms with Crippen LogP contribution in [0.25, 0.3) is 0 Å². The van der Waals surface area contributed by atoms with Crippen LogP contribution >= 0.6 is 0 Å². The zero-order chi connectivity index (χ0) is 8.48. The molecule has 0 radical (unpaired) electrons. The van der Waals surface area contributed by atoms with Gasteiger partial charge in [0.2, 0.25) is 0 Å². The van der Waals surface area contributed by atoms with Crippen LogP contribution in [0.15, 0.2) is 0 Å². The molecule has 64 valence electrons. The van der Waals surface area contributed by atoms with Gasteiger partial charge in [-0.25, -0.2) is 0 Å². The summed E-state index contributed by atoms with van der Waals surface area (Å²) in [5, 5.41) is 0. The van der Waals surface area contributed by atoms with Crippen molar-refractivity contribution in [1.29, 1.82) is 0 Å². The van der Waals surface area contributed by atoms with Crippen molar-refractivity contribution in [2.45, 2.75) is 6.32 Å². The number of carbonyl (C=O) groups is 1. The van der Waals surface area contributed by atoms with E-state index in [4.69, 9.17) is 0 Å². The smallest absolute Gasteiger partial charge is 0.449 e. The molecular weight excluding hydrogens is 158 g/mol. The van der Waals surface area contributed by atoms with E-state index in [1.54, 1.807) is 0 Å². The van der Waals surface area contributed by atoms with E-state index >= 15 is 0 Å². The molecule has 0 aromatic carbocycles. The first-order valence-electron chi connectivity index (χ1n) is 3.42. The van der Waals surface area contributed by atoms with Crippen LogP contribution in [0.4, 0.5) is 12.9 Å². The molecule has 0 saturated carbocycles. The lowest BCUT2D eigenvalue weighted by molar-refractivity contribution is -0.128. The number of ketones is 1. The summed E-state index contributed by atoms with van der Waals surface area (Å²) >= 11 is 0. The fourth-order valence-electron chi connectivity index (χ4n) is 0.940. The monoisotopic (exact) mass is 166 g/mol. The molecule has 1 aliphatic rings. The van der Waals surface area contributed by atoms with Gasteiger partial charge in [0.15, 0.2) is 5.78 Å². The first-order chi connectivity index (χ1) is 4.97. The Morgan fingerprint density at radius 1 is 1.36 bits per heavy atom. The predicted octanol–water partition coefficient (Wildman–Crippen LogP) is 0.719. The standard InChI is InChI=1S/C5H8BF3NO/c7-6(8,9)1-2-10-3-5(11)4-10/h1-4H2/q-1. The summed E-state index contributed by atoms with van der Waals surface area (Å²) < 4.78 is 34.9. The van der Waals surface area contributed by atoms with Crippen LogP contribution < -0.4 is 0 Å². The second-order valence-corrected chi connectivity index (χ2v) is 2.75. The number of halogens is 3. The van der Waals surface area contributed by atoms with Gasteiger partial charge in [0, 0.05) is 0 Å². The largest absolute Gasteiger partial charge is 0.479 e. The summed E-state index contributed by atoms with van der Waals surface area (Å²) in [5.74, 6) is 0.0275. The summed E-state index contributed by atoms with van der Waals surface area (Å²) in [6.07, 6.45) is -0.757. The van der Waals surface area contributed by atoms with Gasteiger partial charge >= 0.3 is 6.98 Å². The van der Waals surface area contributed by atoms with E-state index in [0.29, 0.717) is 0 Å². The lowest BCUT2D eigenvalue weighted by atomic mass is 9.85. The second kappa shape index (κ2) is 2.85. The molecule has 0 atom stereocenters. The first-order valence-corrected chi connectivity index (χ1v) is 3.42. The number of hydrogen-bond acceptors (Lipinski definition) is 2. The third-order valence-electron chi connectivity index (χ3n) is 1.57. The molecule has 6 heteroatoms. The predicted molar refractivity (Wildman–Crippen MR) is 35.3 cm³/mol. The maximum Gasteiger partial charge on any atom is 0.479 e. The van der Waals surface area contributed by atoms with E-state index in [0.717, 1.165) is 0 Å². The summed E-state index contributed by atoms with van der Waals surface area (Å²) in [7, 11) is 0. The highest BCUT2D eigenvalue weighted by molar-refractivity contribution is 6.58. The Bertz CT molecular complexity index is 162. The van der Waals surface area contributed by atoms with Gasteiger partial charge in [0.1, 0.15) is 0 Å². The number of Topliss-reactive ketones (excluding diaryl/α,β-unsaturated/α-hetero) is 1. The zero-order valence-electron chi connectivity index (χ0n) is 5.90. The Kier molecular flexibility index (Phi) is 2.22. The molecule has 0 N–H and O–H groups in total. The fraction of sp³-hybridized carbons (Fsp3) is 0.800. The molecule has 1 fully saturated rings. The zero-order valence-corrected chi connectivity index (χ0v) is 5.90. The molecule has 1 saturated heterocycles. The minimum atomic E-state index is -4.67. The quantitative estimate of drug-likeness (QED) is 0.575. The minimum Gasteiger partial charge on any atom is -0.449 e. The fourth-order valence-corrected chi connectivity index (χ4v) is 0.940. The number of hydrogen-bond donors (Lipinski definition) is 0. The summed E-state index contributed by atoms with van der Waals surface area (Å²) in [6.45, 7) is -4.29. The molecule has 0 aromatic heterocycles. The van der Waals surface area contributed by atoms with Crippen molar-refractivity contribution in [3.8, 4) is 0 Å². The molecule has 0 spiro atoms. The average Bonchev–Trinajstić information content (AvgIpc) is 1.75. The van der Waals surface area contributed by atoms with Crippen molar-refractivity contribution in [3.05, 3.63) is 0 Å². The molecular formula is C5H8BF3NO-.